The Kier molecular flexibility index (Phi) is 3.43. The second-order valence-corrected chi connectivity index (χ2v) is 5.56. The minimum atomic E-state index is 0.124. The Morgan fingerprint density at radius 1 is 1.14 bits per heavy atom. The van der Waals surface area contributed by atoms with Crippen LogP contribution < -0.4 is 0 Å². The predicted octanol–water partition coefficient (Wildman–Crippen LogP) is 4.89. The molecular weight excluding hydrogens is 284 g/mol. The lowest BCUT2D eigenvalue weighted by Crippen LogP contribution is -1.81. The molecule has 0 saturated carbocycles. The first-order valence-electron chi connectivity index (χ1n) is 6.66. The van der Waals surface area contributed by atoms with Crippen LogP contribution in [0.1, 0.15) is 16.7 Å². The van der Waals surface area contributed by atoms with Gasteiger partial charge in [-0.15, -0.1) is 0 Å². The van der Waals surface area contributed by atoms with E-state index in [9.17, 15) is 5.11 Å². The molecule has 0 aliphatic carbocycles. The molecule has 0 aliphatic rings. The number of aliphatic imine (C=N–C) groups is 1. The van der Waals surface area contributed by atoms with E-state index in [4.69, 9.17) is 11.6 Å². The van der Waals surface area contributed by atoms with Gasteiger partial charge in [-0.05, 0) is 43.7 Å². The van der Waals surface area contributed by atoms with Crippen molar-refractivity contribution in [3.05, 3.63) is 58.1 Å². The molecule has 2 N–H and O–H groups in total. The predicted molar refractivity (Wildman–Crippen MR) is 88.1 cm³/mol. The molecule has 1 aromatic heterocycles. The van der Waals surface area contributed by atoms with E-state index in [0.29, 0.717) is 10.6 Å². The van der Waals surface area contributed by atoms with Crippen LogP contribution in [0.15, 0.2) is 41.4 Å². The van der Waals surface area contributed by atoms with Crippen LogP contribution in [0.2, 0.25) is 5.02 Å². The third kappa shape index (κ3) is 2.65. The molecule has 2 aromatic carbocycles. The van der Waals surface area contributed by atoms with E-state index in [0.717, 1.165) is 27.7 Å². The SMILES string of the molecule is Cc1ccc2[nH]c(O)c(C=Nc3cc(Cl)ccc3C)c2c1. The standard InChI is InChI=1S/C17H15ClN2O/c1-10-3-6-15-13(7-10)14(17(21)20-15)9-19-16-8-12(18)5-4-11(16)2/h3-9,20-21H,1-2H3. The van der Waals surface area contributed by atoms with Crippen molar-refractivity contribution >= 4 is 34.4 Å². The molecule has 0 aliphatic heterocycles. The van der Waals surface area contributed by atoms with Crippen molar-refractivity contribution in [2.45, 2.75) is 13.8 Å². The molecule has 0 fully saturated rings. The minimum absolute atomic E-state index is 0.124. The molecule has 0 amide bonds. The molecule has 0 unspecified atom stereocenters. The molecule has 0 saturated heterocycles. The average molecular weight is 299 g/mol. The number of aromatic amines is 1. The summed E-state index contributed by atoms with van der Waals surface area (Å²) < 4.78 is 0. The fraction of sp³-hybridized carbons (Fsp3) is 0.118. The fourth-order valence-corrected chi connectivity index (χ4v) is 2.47. The molecule has 106 valence electrons. The summed E-state index contributed by atoms with van der Waals surface area (Å²) >= 11 is 6.00. The summed E-state index contributed by atoms with van der Waals surface area (Å²) in [5.74, 6) is 0.124. The quantitative estimate of drug-likeness (QED) is 0.650. The summed E-state index contributed by atoms with van der Waals surface area (Å²) in [5, 5.41) is 11.7. The number of fused-ring (bicyclic) bond motifs is 1. The van der Waals surface area contributed by atoms with E-state index < -0.39 is 0 Å². The number of aromatic nitrogens is 1. The van der Waals surface area contributed by atoms with Crippen molar-refractivity contribution in [2.75, 3.05) is 0 Å². The Labute approximate surface area is 127 Å². The lowest BCUT2D eigenvalue weighted by Gasteiger charge is -2.00. The maximum absolute atomic E-state index is 10.1. The van der Waals surface area contributed by atoms with E-state index >= 15 is 0 Å². The molecule has 21 heavy (non-hydrogen) atoms. The fourth-order valence-electron chi connectivity index (χ4n) is 2.30. The van der Waals surface area contributed by atoms with Crippen LogP contribution in [0.3, 0.4) is 0 Å². The van der Waals surface area contributed by atoms with Crippen LogP contribution in [-0.2, 0) is 0 Å². The van der Waals surface area contributed by atoms with Gasteiger partial charge in [0.1, 0.15) is 0 Å². The van der Waals surface area contributed by atoms with Gasteiger partial charge in [0.2, 0.25) is 0 Å². The number of hydrogen-bond donors (Lipinski definition) is 2. The van der Waals surface area contributed by atoms with E-state index in [1.54, 1.807) is 6.21 Å². The van der Waals surface area contributed by atoms with Crippen molar-refractivity contribution in [3.8, 4) is 5.88 Å². The first-order chi connectivity index (χ1) is 10.0. The number of nitrogens with one attached hydrogen (secondary N) is 1. The van der Waals surface area contributed by atoms with Gasteiger partial charge in [-0.1, -0.05) is 29.3 Å². The zero-order valence-corrected chi connectivity index (χ0v) is 12.6. The average Bonchev–Trinajstić information content (AvgIpc) is 2.75. The van der Waals surface area contributed by atoms with Crippen LogP contribution in [0, 0.1) is 13.8 Å². The van der Waals surface area contributed by atoms with Crippen LogP contribution in [0.5, 0.6) is 5.88 Å². The van der Waals surface area contributed by atoms with Crippen LogP contribution in [-0.4, -0.2) is 16.3 Å². The number of rotatable bonds is 2. The summed E-state index contributed by atoms with van der Waals surface area (Å²) in [4.78, 5) is 7.42. The molecule has 3 rings (SSSR count). The number of nitrogens with zero attached hydrogens (tertiary/aromatic N) is 1. The van der Waals surface area contributed by atoms with Crippen LogP contribution >= 0.6 is 11.6 Å². The normalized spacial score (nSPS) is 11.6. The molecule has 0 spiro atoms. The number of aryl methyl sites for hydroxylation is 2. The summed E-state index contributed by atoms with van der Waals surface area (Å²) in [6.45, 7) is 3.99. The molecule has 4 heteroatoms. The van der Waals surface area contributed by atoms with Crippen LogP contribution in [0.4, 0.5) is 5.69 Å². The van der Waals surface area contributed by atoms with E-state index in [-0.39, 0.29) is 5.88 Å². The van der Waals surface area contributed by atoms with Gasteiger partial charge < -0.3 is 10.1 Å². The van der Waals surface area contributed by atoms with Gasteiger partial charge in [-0.25, -0.2) is 0 Å². The molecule has 1 heterocycles. The third-order valence-electron chi connectivity index (χ3n) is 3.48. The molecule has 3 aromatic rings. The summed E-state index contributed by atoms with van der Waals surface area (Å²) in [5.41, 5.74) is 4.54. The van der Waals surface area contributed by atoms with E-state index in [2.05, 4.69) is 9.98 Å². The van der Waals surface area contributed by atoms with Gasteiger partial charge in [0.25, 0.3) is 0 Å². The highest BCUT2D eigenvalue weighted by Gasteiger charge is 2.09. The number of aromatic hydroxyl groups is 1. The zero-order valence-electron chi connectivity index (χ0n) is 11.8. The number of H-pyrrole nitrogens is 1. The lowest BCUT2D eigenvalue weighted by molar-refractivity contribution is 0.457. The number of halogens is 1. The summed E-state index contributed by atoms with van der Waals surface area (Å²) in [7, 11) is 0. The van der Waals surface area contributed by atoms with Gasteiger partial charge in [-0.3, -0.25) is 4.99 Å². The summed E-state index contributed by atoms with van der Waals surface area (Å²) in [6.07, 6.45) is 1.67. The Balaban J connectivity index is 2.09. The van der Waals surface area contributed by atoms with Crippen molar-refractivity contribution in [1.82, 2.24) is 4.98 Å². The largest absolute Gasteiger partial charge is 0.494 e. The Morgan fingerprint density at radius 2 is 1.95 bits per heavy atom. The maximum Gasteiger partial charge on any atom is 0.198 e. The Hall–Kier alpha value is -2.26. The molecule has 0 radical (unpaired) electrons. The van der Waals surface area contributed by atoms with Crippen molar-refractivity contribution in [1.29, 1.82) is 0 Å². The highest BCUT2D eigenvalue weighted by molar-refractivity contribution is 6.30. The summed E-state index contributed by atoms with van der Waals surface area (Å²) in [6, 6.07) is 11.5. The van der Waals surface area contributed by atoms with Crippen molar-refractivity contribution in [3.63, 3.8) is 0 Å². The Morgan fingerprint density at radius 3 is 2.76 bits per heavy atom. The first kappa shape index (κ1) is 13.7. The smallest absolute Gasteiger partial charge is 0.198 e. The van der Waals surface area contributed by atoms with Gasteiger partial charge in [0.15, 0.2) is 5.88 Å². The molecular formula is C17H15ClN2O. The molecule has 3 nitrogen and oxygen atoms in total. The van der Waals surface area contributed by atoms with E-state index in [1.165, 1.54) is 0 Å². The second kappa shape index (κ2) is 5.26. The highest BCUT2D eigenvalue weighted by atomic mass is 35.5. The van der Waals surface area contributed by atoms with Crippen molar-refractivity contribution in [2.24, 2.45) is 4.99 Å². The van der Waals surface area contributed by atoms with Gasteiger partial charge in [-0.2, -0.15) is 0 Å². The topological polar surface area (TPSA) is 48.4 Å². The lowest BCUT2D eigenvalue weighted by atomic mass is 10.1. The maximum atomic E-state index is 10.1. The van der Waals surface area contributed by atoms with E-state index in [1.807, 2.05) is 50.2 Å². The minimum Gasteiger partial charge on any atom is -0.494 e. The third-order valence-corrected chi connectivity index (χ3v) is 3.71. The molecule has 0 atom stereocenters. The zero-order chi connectivity index (χ0) is 15.0. The number of benzene rings is 2. The van der Waals surface area contributed by atoms with Crippen molar-refractivity contribution < 1.29 is 5.11 Å². The van der Waals surface area contributed by atoms with Gasteiger partial charge in [0.05, 0.1) is 11.3 Å². The number of hydrogen-bond acceptors (Lipinski definition) is 2. The van der Waals surface area contributed by atoms with Crippen LogP contribution in [0.25, 0.3) is 10.9 Å². The second-order valence-electron chi connectivity index (χ2n) is 5.13. The Bertz CT molecular complexity index is 849. The highest BCUT2D eigenvalue weighted by Crippen LogP contribution is 2.28. The first-order valence-corrected chi connectivity index (χ1v) is 7.04. The monoisotopic (exact) mass is 298 g/mol. The molecule has 0 bridgehead atoms. The van der Waals surface area contributed by atoms with Gasteiger partial charge >= 0.3 is 0 Å². The van der Waals surface area contributed by atoms with Gasteiger partial charge in [0, 0.05) is 22.1 Å².